The van der Waals surface area contributed by atoms with Crippen molar-refractivity contribution in [2.24, 2.45) is 5.92 Å². The highest BCUT2D eigenvalue weighted by molar-refractivity contribution is 5.79. The second-order valence-corrected chi connectivity index (χ2v) is 6.63. The molecule has 5 heteroatoms. The third-order valence-electron chi connectivity index (χ3n) is 4.22. The van der Waals surface area contributed by atoms with Crippen LogP contribution in [0.25, 0.3) is 0 Å². The number of hydrogen-bond acceptors (Lipinski definition) is 4. The maximum Gasteiger partial charge on any atom is 0.228 e. The maximum absolute atomic E-state index is 12.5. The molecule has 1 N–H and O–H groups in total. The van der Waals surface area contributed by atoms with E-state index in [-0.39, 0.29) is 17.9 Å². The summed E-state index contributed by atoms with van der Waals surface area (Å²) in [7, 11) is 0. The Hall–Kier alpha value is -0.650. The molecule has 2 heterocycles. The average Bonchev–Trinajstić information content (AvgIpc) is 2.85. The van der Waals surface area contributed by atoms with Crippen LogP contribution < -0.4 is 0 Å². The minimum Gasteiger partial charge on any atom is -0.389 e. The normalized spacial score (nSPS) is 28.9. The molecule has 2 aliphatic heterocycles. The second-order valence-electron chi connectivity index (χ2n) is 6.63. The Labute approximate surface area is 121 Å². The van der Waals surface area contributed by atoms with Gasteiger partial charge in [-0.15, -0.1) is 0 Å². The molecule has 2 saturated heterocycles. The fourth-order valence-electron chi connectivity index (χ4n) is 3.24. The molecule has 0 aliphatic carbocycles. The van der Waals surface area contributed by atoms with Gasteiger partial charge < -0.3 is 14.7 Å². The van der Waals surface area contributed by atoms with E-state index in [4.69, 9.17) is 4.74 Å². The van der Waals surface area contributed by atoms with E-state index in [0.29, 0.717) is 13.2 Å². The van der Waals surface area contributed by atoms with Gasteiger partial charge in [0.25, 0.3) is 0 Å². The number of β-amino-alcohol motifs (C(OH)–C–C–N with tert-alkyl or cyclic N) is 1. The lowest BCUT2D eigenvalue weighted by molar-refractivity contribution is -0.139. The third-order valence-corrected chi connectivity index (χ3v) is 4.22. The summed E-state index contributed by atoms with van der Waals surface area (Å²) in [6.45, 7) is 10.3. The van der Waals surface area contributed by atoms with Crippen molar-refractivity contribution in [1.29, 1.82) is 0 Å². The summed E-state index contributed by atoms with van der Waals surface area (Å²) in [6.07, 6.45) is 1.88. The molecule has 20 heavy (non-hydrogen) atoms. The minimum absolute atomic E-state index is 0.0563. The van der Waals surface area contributed by atoms with Crippen molar-refractivity contribution in [3.63, 3.8) is 0 Å². The molecule has 0 radical (unpaired) electrons. The number of carbonyl (C=O) groups excluding carboxylic acids is 1. The van der Waals surface area contributed by atoms with Gasteiger partial charge in [-0.3, -0.25) is 9.69 Å². The Morgan fingerprint density at radius 3 is 2.50 bits per heavy atom. The lowest BCUT2D eigenvalue weighted by Gasteiger charge is -2.38. The molecule has 0 aromatic rings. The molecule has 0 saturated carbocycles. The molecule has 2 unspecified atom stereocenters. The van der Waals surface area contributed by atoms with Gasteiger partial charge in [0, 0.05) is 39.3 Å². The molecule has 116 valence electrons. The number of hydrogen-bond donors (Lipinski definition) is 1. The Bertz CT molecular complexity index is 333. The topological polar surface area (TPSA) is 53.0 Å². The summed E-state index contributed by atoms with van der Waals surface area (Å²) >= 11 is 0. The SMILES string of the molecule is CCC1OCCC1C(=O)N1CCN(CC(C)(C)O)CC1. The number of piperazine rings is 1. The molecular weight excluding hydrogens is 256 g/mol. The monoisotopic (exact) mass is 284 g/mol. The standard InChI is InChI=1S/C15H28N2O3/c1-4-13-12(5-10-20-13)14(18)17-8-6-16(7-9-17)11-15(2,3)19/h12-13,19H,4-11H2,1-3H3. The first-order chi connectivity index (χ1) is 9.40. The van der Waals surface area contributed by atoms with Crippen LogP contribution in [-0.4, -0.2) is 71.8 Å². The van der Waals surface area contributed by atoms with Crippen LogP contribution in [0.4, 0.5) is 0 Å². The summed E-state index contributed by atoms with van der Waals surface area (Å²) in [5, 5.41) is 9.85. The molecule has 1 amide bonds. The van der Waals surface area contributed by atoms with Crippen molar-refractivity contribution >= 4 is 5.91 Å². The zero-order valence-corrected chi connectivity index (χ0v) is 13.0. The highest BCUT2D eigenvalue weighted by Gasteiger charge is 2.36. The summed E-state index contributed by atoms with van der Waals surface area (Å²) < 4.78 is 5.62. The van der Waals surface area contributed by atoms with Gasteiger partial charge in [-0.05, 0) is 26.7 Å². The molecule has 2 fully saturated rings. The zero-order chi connectivity index (χ0) is 14.8. The molecule has 0 spiro atoms. The molecule has 2 rings (SSSR count). The summed E-state index contributed by atoms with van der Waals surface area (Å²) in [5.41, 5.74) is -0.668. The van der Waals surface area contributed by atoms with Crippen LogP contribution >= 0.6 is 0 Å². The van der Waals surface area contributed by atoms with Crippen molar-refractivity contribution in [3.05, 3.63) is 0 Å². The smallest absolute Gasteiger partial charge is 0.228 e. The minimum atomic E-state index is -0.668. The van der Waals surface area contributed by atoms with Gasteiger partial charge >= 0.3 is 0 Å². The Morgan fingerprint density at radius 2 is 1.95 bits per heavy atom. The van der Waals surface area contributed by atoms with Crippen molar-refractivity contribution < 1.29 is 14.6 Å². The fourth-order valence-corrected chi connectivity index (χ4v) is 3.24. The van der Waals surface area contributed by atoms with Gasteiger partial charge in [-0.2, -0.15) is 0 Å². The highest BCUT2D eigenvalue weighted by atomic mass is 16.5. The van der Waals surface area contributed by atoms with Crippen LogP contribution in [0.3, 0.4) is 0 Å². The van der Waals surface area contributed by atoms with Crippen molar-refractivity contribution in [2.45, 2.75) is 45.3 Å². The van der Waals surface area contributed by atoms with E-state index in [1.807, 2.05) is 18.7 Å². The summed E-state index contributed by atoms with van der Waals surface area (Å²) in [6, 6.07) is 0. The molecular formula is C15H28N2O3. The van der Waals surface area contributed by atoms with E-state index >= 15 is 0 Å². The molecule has 0 aromatic carbocycles. The summed E-state index contributed by atoms with van der Waals surface area (Å²) in [5.74, 6) is 0.318. The number of carbonyl (C=O) groups is 1. The predicted octanol–water partition coefficient (Wildman–Crippen LogP) is 0.717. The lowest BCUT2D eigenvalue weighted by Crippen LogP contribution is -2.53. The van der Waals surface area contributed by atoms with E-state index in [1.54, 1.807) is 0 Å². The Morgan fingerprint density at radius 1 is 1.30 bits per heavy atom. The van der Waals surface area contributed by atoms with Crippen molar-refractivity contribution in [3.8, 4) is 0 Å². The van der Waals surface area contributed by atoms with Crippen LogP contribution in [0, 0.1) is 5.92 Å². The largest absolute Gasteiger partial charge is 0.389 e. The van der Waals surface area contributed by atoms with Gasteiger partial charge in [0.15, 0.2) is 0 Å². The van der Waals surface area contributed by atoms with E-state index in [1.165, 1.54) is 0 Å². The van der Waals surface area contributed by atoms with E-state index in [2.05, 4.69) is 11.8 Å². The van der Waals surface area contributed by atoms with Crippen molar-refractivity contribution in [1.82, 2.24) is 9.80 Å². The molecule has 0 bridgehead atoms. The molecule has 5 nitrogen and oxygen atoms in total. The number of ether oxygens (including phenoxy) is 1. The van der Waals surface area contributed by atoms with Crippen molar-refractivity contribution in [2.75, 3.05) is 39.3 Å². The lowest BCUT2D eigenvalue weighted by atomic mass is 9.97. The van der Waals surface area contributed by atoms with Crippen LogP contribution in [0.1, 0.15) is 33.6 Å². The maximum atomic E-state index is 12.5. The highest BCUT2D eigenvalue weighted by Crippen LogP contribution is 2.26. The van der Waals surface area contributed by atoms with Crippen LogP contribution in [0.5, 0.6) is 0 Å². The number of amides is 1. The number of nitrogens with zero attached hydrogens (tertiary/aromatic N) is 2. The molecule has 0 aromatic heterocycles. The predicted molar refractivity (Wildman–Crippen MR) is 77.5 cm³/mol. The van der Waals surface area contributed by atoms with Gasteiger partial charge in [-0.1, -0.05) is 6.92 Å². The van der Waals surface area contributed by atoms with Crippen LogP contribution in [0.2, 0.25) is 0 Å². The first kappa shape index (κ1) is 15.7. The average molecular weight is 284 g/mol. The first-order valence-electron chi connectivity index (χ1n) is 7.76. The fraction of sp³-hybridized carbons (Fsp3) is 0.933. The quantitative estimate of drug-likeness (QED) is 0.826. The Balaban J connectivity index is 1.83. The van der Waals surface area contributed by atoms with Gasteiger partial charge in [-0.25, -0.2) is 0 Å². The van der Waals surface area contributed by atoms with Gasteiger partial charge in [0.2, 0.25) is 5.91 Å². The molecule has 2 aliphatic rings. The number of rotatable bonds is 4. The van der Waals surface area contributed by atoms with Gasteiger partial charge in [0.1, 0.15) is 0 Å². The first-order valence-corrected chi connectivity index (χ1v) is 7.76. The Kier molecular flexibility index (Phi) is 5.04. The molecule has 2 atom stereocenters. The zero-order valence-electron chi connectivity index (χ0n) is 13.0. The van der Waals surface area contributed by atoms with Crippen LogP contribution in [0.15, 0.2) is 0 Å². The number of aliphatic hydroxyl groups is 1. The third kappa shape index (κ3) is 3.93. The van der Waals surface area contributed by atoms with Crippen LogP contribution in [-0.2, 0) is 9.53 Å². The second kappa shape index (κ2) is 6.41. The van der Waals surface area contributed by atoms with E-state index < -0.39 is 5.60 Å². The summed E-state index contributed by atoms with van der Waals surface area (Å²) in [4.78, 5) is 16.7. The van der Waals surface area contributed by atoms with Gasteiger partial charge in [0.05, 0.1) is 17.6 Å². The van der Waals surface area contributed by atoms with E-state index in [0.717, 1.165) is 39.0 Å². The van der Waals surface area contributed by atoms with E-state index in [9.17, 15) is 9.90 Å².